The zero-order chi connectivity index (χ0) is 38.2. The molecule has 302 valence electrons. The number of nitrogens with zero attached hydrogens (tertiary/aromatic N) is 1. The lowest BCUT2D eigenvalue weighted by Gasteiger charge is -2.43. The summed E-state index contributed by atoms with van der Waals surface area (Å²) in [5, 5.41) is 16.9. The van der Waals surface area contributed by atoms with E-state index in [1.54, 1.807) is 0 Å². The Balaban J connectivity index is 4.79. The fraction of sp³-hybridized carbons (Fsp3) is 0.932. The molecule has 0 heterocycles. The van der Waals surface area contributed by atoms with E-state index in [1.165, 1.54) is 128 Å². The summed E-state index contributed by atoms with van der Waals surface area (Å²) in [6, 6.07) is -1.44. The molecule has 0 aliphatic heterocycles. The third-order valence-corrected chi connectivity index (χ3v) is 11.0. The topological polar surface area (TPSA) is 95.5 Å². The molecule has 2 amide bonds. The number of carboxylic acid groups (broad SMARTS) is 1. The largest absolute Gasteiger partial charge is 0.477 e. The Labute approximate surface area is 317 Å². The minimum atomic E-state index is -0.888. The van der Waals surface area contributed by atoms with Gasteiger partial charge in [-0.2, -0.15) is 0 Å². The van der Waals surface area contributed by atoms with E-state index in [-0.39, 0.29) is 28.4 Å². The van der Waals surface area contributed by atoms with Gasteiger partial charge in [0.15, 0.2) is 6.04 Å². The minimum Gasteiger partial charge on any atom is -0.477 e. The number of quaternary nitrogens is 1. The van der Waals surface area contributed by atoms with E-state index < -0.39 is 17.9 Å². The third kappa shape index (κ3) is 26.7. The van der Waals surface area contributed by atoms with Crippen LogP contribution in [0.1, 0.15) is 220 Å². The van der Waals surface area contributed by atoms with Crippen LogP contribution < -0.4 is 10.6 Å². The molecule has 0 aromatic rings. The zero-order valence-electron chi connectivity index (χ0n) is 35.1. The first-order valence-corrected chi connectivity index (χ1v) is 22.2. The highest BCUT2D eigenvalue weighted by Crippen LogP contribution is 2.27. The molecule has 0 radical (unpaired) electrons. The van der Waals surface area contributed by atoms with Gasteiger partial charge in [-0.05, 0) is 25.7 Å². The summed E-state index contributed by atoms with van der Waals surface area (Å²) in [4.78, 5) is 39.2. The van der Waals surface area contributed by atoms with E-state index in [1.807, 2.05) is 35.0 Å². The van der Waals surface area contributed by atoms with Crippen molar-refractivity contribution in [3.8, 4) is 0 Å². The smallest absolute Gasteiger partial charge is 0.363 e. The molecule has 0 bridgehead atoms. The van der Waals surface area contributed by atoms with E-state index in [2.05, 4.69) is 24.5 Å². The Morgan fingerprint density at radius 2 is 0.706 bits per heavy atom. The Morgan fingerprint density at radius 3 is 0.922 bits per heavy atom. The van der Waals surface area contributed by atoms with Crippen LogP contribution in [0.25, 0.3) is 0 Å². The third-order valence-electron chi connectivity index (χ3n) is 11.0. The maximum atomic E-state index is 13.2. The zero-order valence-corrected chi connectivity index (χ0v) is 35.1. The van der Waals surface area contributed by atoms with Gasteiger partial charge in [-0.1, -0.05) is 182 Å². The molecule has 7 nitrogen and oxygen atoms in total. The number of carboxylic acids is 1. The van der Waals surface area contributed by atoms with Crippen LogP contribution in [0.2, 0.25) is 0 Å². The lowest BCUT2D eigenvalue weighted by atomic mass is 9.80. The SMILES string of the molecule is CCCCCCCCCCCCCCCC(=O)NC(CC)C(C(CC)NC(=O)CCCCCCCCCCCCCCC)C(C(=O)O)[N+](C)(C)C. The molecule has 7 heteroatoms. The maximum Gasteiger partial charge on any atom is 0.363 e. The first-order valence-electron chi connectivity index (χ1n) is 22.2. The highest BCUT2D eigenvalue weighted by Gasteiger charge is 2.47. The molecule has 0 fully saturated rings. The van der Waals surface area contributed by atoms with Crippen molar-refractivity contribution in [2.45, 2.75) is 238 Å². The number of aliphatic carboxylic acids is 1. The molecule has 0 saturated carbocycles. The van der Waals surface area contributed by atoms with Crippen molar-refractivity contribution < 1.29 is 24.0 Å². The molecule has 0 aromatic carbocycles. The van der Waals surface area contributed by atoms with Gasteiger partial charge in [0.1, 0.15) is 0 Å². The van der Waals surface area contributed by atoms with Crippen LogP contribution in [0.5, 0.6) is 0 Å². The van der Waals surface area contributed by atoms with Crippen molar-refractivity contribution in [1.29, 1.82) is 0 Å². The van der Waals surface area contributed by atoms with Gasteiger partial charge in [0.25, 0.3) is 0 Å². The molecule has 0 aromatic heterocycles. The number of nitrogens with one attached hydrogen (secondary N) is 2. The summed E-state index contributed by atoms with van der Waals surface area (Å²) >= 11 is 0. The number of rotatable bonds is 37. The van der Waals surface area contributed by atoms with Gasteiger partial charge in [-0.25, -0.2) is 4.79 Å². The highest BCUT2D eigenvalue weighted by atomic mass is 16.4. The van der Waals surface area contributed by atoms with Crippen LogP contribution in [-0.4, -0.2) is 66.6 Å². The number of likely N-dealkylation sites (N-methyl/N-ethyl adjacent to an activating group) is 1. The second-order valence-corrected chi connectivity index (χ2v) is 16.6. The standard InChI is InChI=1S/C44H87N3O4/c1-8-12-14-16-18-20-22-24-26-28-30-32-34-36-40(48)45-38(10-3)42(43(44(50)51)47(5,6)7)39(11-4)46-41(49)37-35-33-31-29-27-25-23-21-19-17-15-13-9-2/h38-39,42-43H,8-37H2,1-7H3,(H2-,45,46,48,49,50,51)/p+1. The van der Waals surface area contributed by atoms with Crippen molar-refractivity contribution >= 4 is 17.8 Å². The van der Waals surface area contributed by atoms with Gasteiger partial charge in [-0.3, -0.25) is 9.59 Å². The van der Waals surface area contributed by atoms with E-state index in [9.17, 15) is 19.5 Å². The number of carbonyl (C=O) groups excluding carboxylic acids is 2. The highest BCUT2D eigenvalue weighted by molar-refractivity contribution is 5.78. The molecule has 0 aliphatic carbocycles. The first kappa shape index (κ1) is 49.4. The van der Waals surface area contributed by atoms with Crippen LogP contribution in [0.15, 0.2) is 0 Å². The molecule has 3 atom stereocenters. The van der Waals surface area contributed by atoms with E-state index in [0.29, 0.717) is 25.7 Å². The lowest BCUT2D eigenvalue weighted by molar-refractivity contribution is -0.891. The van der Waals surface area contributed by atoms with Gasteiger partial charge in [-0.15, -0.1) is 0 Å². The van der Waals surface area contributed by atoms with Crippen molar-refractivity contribution in [2.24, 2.45) is 5.92 Å². The van der Waals surface area contributed by atoms with Gasteiger partial charge in [0, 0.05) is 24.9 Å². The quantitative estimate of drug-likeness (QED) is 0.0439. The summed E-state index contributed by atoms with van der Waals surface area (Å²) in [6.07, 6.45) is 35.0. The summed E-state index contributed by atoms with van der Waals surface area (Å²) < 4.78 is 0.219. The van der Waals surface area contributed by atoms with E-state index in [0.717, 1.165) is 38.5 Å². The first-order chi connectivity index (χ1) is 24.5. The van der Waals surface area contributed by atoms with Gasteiger partial charge >= 0.3 is 5.97 Å². The summed E-state index contributed by atoms with van der Waals surface area (Å²) in [5.41, 5.74) is 0. The van der Waals surface area contributed by atoms with Gasteiger partial charge in [0.05, 0.1) is 27.1 Å². The van der Waals surface area contributed by atoms with Crippen molar-refractivity contribution in [1.82, 2.24) is 10.6 Å². The number of amides is 2. The normalized spacial score (nSPS) is 14.2. The number of hydrogen-bond donors (Lipinski definition) is 3. The Bertz CT molecular complexity index is 791. The van der Waals surface area contributed by atoms with Crippen molar-refractivity contribution in [2.75, 3.05) is 21.1 Å². The predicted octanol–water partition coefficient (Wildman–Crippen LogP) is 11.5. The number of unbranched alkanes of at least 4 members (excludes halogenated alkanes) is 24. The summed E-state index contributed by atoms with van der Waals surface area (Å²) in [6.45, 7) is 8.56. The second kappa shape index (κ2) is 33.0. The minimum absolute atomic E-state index is 0.00590. The Hall–Kier alpha value is -1.63. The monoisotopic (exact) mass is 723 g/mol. The number of carbonyl (C=O) groups is 3. The second-order valence-electron chi connectivity index (χ2n) is 16.6. The molecular weight excluding hydrogens is 635 g/mol. The van der Waals surface area contributed by atoms with Crippen molar-refractivity contribution in [3.05, 3.63) is 0 Å². The predicted molar refractivity (Wildman–Crippen MR) is 218 cm³/mol. The molecule has 0 saturated heterocycles. The van der Waals surface area contributed by atoms with Gasteiger partial charge < -0.3 is 20.2 Å². The van der Waals surface area contributed by atoms with Crippen molar-refractivity contribution in [3.63, 3.8) is 0 Å². The summed E-state index contributed by atoms with van der Waals surface area (Å²) in [5.74, 6) is -1.33. The molecular formula is C44H88N3O4+. The van der Waals surface area contributed by atoms with Crippen LogP contribution >= 0.6 is 0 Å². The fourth-order valence-electron chi connectivity index (χ4n) is 7.84. The average Bonchev–Trinajstić information content (AvgIpc) is 3.08. The average molecular weight is 723 g/mol. The van der Waals surface area contributed by atoms with Gasteiger partial charge in [0.2, 0.25) is 11.8 Å². The number of hydrogen-bond acceptors (Lipinski definition) is 3. The Kier molecular flexibility index (Phi) is 31.9. The molecule has 51 heavy (non-hydrogen) atoms. The van der Waals surface area contributed by atoms with E-state index in [4.69, 9.17) is 0 Å². The summed E-state index contributed by atoms with van der Waals surface area (Å²) in [7, 11) is 5.70. The van der Waals surface area contributed by atoms with Crippen LogP contribution in [0, 0.1) is 5.92 Å². The molecule has 3 unspecified atom stereocenters. The Morgan fingerprint density at radius 1 is 0.451 bits per heavy atom. The molecule has 3 N–H and O–H groups in total. The van der Waals surface area contributed by atoms with Crippen LogP contribution in [0.3, 0.4) is 0 Å². The maximum absolute atomic E-state index is 13.2. The lowest BCUT2D eigenvalue weighted by Crippen LogP contribution is -2.64. The van der Waals surface area contributed by atoms with E-state index >= 15 is 0 Å². The molecule has 0 rings (SSSR count). The molecule has 0 aliphatic rings. The molecule has 0 spiro atoms. The van der Waals surface area contributed by atoms with Crippen LogP contribution in [-0.2, 0) is 14.4 Å². The van der Waals surface area contributed by atoms with Crippen LogP contribution in [0.4, 0.5) is 0 Å². The fourth-order valence-corrected chi connectivity index (χ4v) is 7.84.